The molecule has 1 heterocycles. The SMILES string of the molecule is C/C=C/C(=O)NCc1ncn[nH]1. The average molecular weight is 166 g/mol. The standard InChI is InChI=1S/C7H10N4O/c1-2-3-7(12)8-4-6-9-5-10-11-6/h2-3,5H,4H2,1H3,(H,8,12)(H,9,10,11)/b3-2+. The molecule has 1 aromatic rings. The monoisotopic (exact) mass is 166 g/mol. The van der Waals surface area contributed by atoms with E-state index < -0.39 is 0 Å². The number of amides is 1. The summed E-state index contributed by atoms with van der Waals surface area (Å²) in [4.78, 5) is 14.7. The van der Waals surface area contributed by atoms with Gasteiger partial charge in [-0.05, 0) is 13.0 Å². The van der Waals surface area contributed by atoms with E-state index in [1.165, 1.54) is 12.4 Å². The van der Waals surface area contributed by atoms with Crippen molar-refractivity contribution >= 4 is 5.91 Å². The highest BCUT2D eigenvalue weighted by atomic mass is 16.1. The maximum atomic E-state index is 10.9. The van der Waals surface area contributed by atoms with Crippen molar-refractivity contribution in [3.8, 4) is 0 Å². The van der Waals surface area contributed by atoms with Crippen LogP contribution in [0.25, 0.3) is 0 Å². The maximum Gasteiger partial charge on any atom is 0.244 e. The molecule has 0 aliphatic heterocycles. The molecule has 0 aromatic carbocycles. The van der Waals surface area contributed by atoms with E-state index in [4.69, 9.17) is 0 Å². The van der Waals surface area contributed by atoms with Crippen molar-refractivity contribution in [2.75, 3.05) is 0 Å². The molecule has 0 spiro atoms. The summed E-state index contributed by atoms with van der Waals surface area (Å²) in [6.07, 6.45) is 4.53. The Morgan fingerprint density at radius 2 is 2.67 bits per heavy atom. The van der Waals surface area contributed by atoms with Gasteiger partial charge in [0.2, 0.25) is 5.91 Å². The number of hydrogen-bond acceptors (Lipinski definition) is 3. The van der Waals surface area contributed by atoms with Crippen molar-refractivity contribution in [1.29, 1.82) is 0 Å². The smallest absolute Gasteiger partial charge is 0.244 e. The highest BCUT2D eigenvalue weighted by Crippen LogP contribution is 1.83. The fourth-order valence-electron chi connectivity index (χ4n) is 0.697. The lowest BCUT2D eigenvalue weighted by Crippen LogP contribution is -2.20. The van der Waals surface area contributed by atoms with Crippen molar-refractivity contribution in [3.05, 3.63) is 24.3 Å². The lowest BCUT2D eigenvalue weighted by atomic mass is 10.5. The molecule has 0 unspecified atom stereocenters. The van der Waals surface area contributed by atoms with Gasteiger partial charge in [-0.15, -0.1) is 0 Å². The first kappa shape index (κ1) is 8.45. The highest BCUT2D eigenvalue weighted by Gasteiger charge is 1.96. The molecule has 0 radical (unpaired) electrons. The van der Waals surface area contributed by atoms with Gasteiger partial charge in [0.1, 0.15) is 12.2 Å². The molecule has 1 amide bonds. The molecule has 5 heteroatoms. The molecule has 0 bridgehead atoms. The van der Waals surface area contributed by atoms with E-state index in [0.717, 1.165) is 0 Å². The number of H-pyrrole nitrogens is 1. The molecule has 0 aliphatic rings. The summed E-state index contributed by atoms with van der Waals surface area (Å²) in [6.45, 7) is 2.16. The number of aromatic amines is 1. The summed E-state index contributed by atoms with van der Waals surface area (Å²) in [6, 6.07) is 0. The van der Waals surface area contributed by atoms with E-state index in [0.29, 0.717) is 12.4 Å². The van der Waals surface area contributed by atoms with Crippen LogP contribution in [-0.4, -0.2) is 21.1 Å². The second-order valence-corrected chi connectivity index (χ2v) is 2.15. The average Bonchev–Trinajstić information content (AvgIpc) is 2.53. The minimum absolute atomic E-state index is 0.131. The zero-order valence-corrected chi connectivity index (χ0v) is 6.74. The molecule has 0 saturated heterocycles. The van der Waals surface area contributed by atoms with Crippen molar-refractivity contribution < 1.29 is 4.79 Å². The Balaban J connectivity index is 2.31. The van der Waals surface area contributed by atoms with Gasteiger partial charge in [-0.25, -0.2) is 4.98 Å². The van der Waals surface area contributed by atoms with Crippen LogP contribution in [0.3, 0.4) is 0 Å². The van der Waals surface area contributed by atoms with Crippen LogP contribution in [0.2, 0.25) is 0 Å². The molecular weight excluding hydrogens is 156 g/mol. The van der Waals surface area contributed by atoms with Gasteiger partial charge in [0.15, 0.2) is 0 Å². The van der Waals surface area contributed by atoms with Gasteiger partial charge in [-0.2, -0.15) is 5.10 Å². The van der Waals surface area contributed by atoms with E-state index in [1.54, 1.807) is 13.0 Å². The molecule has 1 rings (SSSR count). The van der Waals surface area contributed by atoms with Crippen LogP contribution in [0.15, 0.2) is 18.5 Å². The van der Waals surface area contributed by atoms with Gasteiger partial charge < -0.3 is 5.32 Å². The number of nitrogens with one attached hydrogen (secondary N) is 2. The normalized spacial score (nSPS) is 10.4. The second-order valence-electron chi connectivity index (χ2n) is 2.15. The molecule has 0 fully saturated rings. The van der Waals surface area contributed by atoms with Gasteiger partial charge in [0.25, 0.3) is 0 Å². The van der Waals surface area contributed by atoms with Gasteiger partial charge in [0, 0.05) is 0 Å². The Labute approximate surface area is 69.9 Å². The largest absolute Gasteiger partial charge is 0.345 e. The number of nitrogens with zero attached hydrogens (tertiary/aromatic N) is 2. The van der Waals surface area contributed by atoms with Crippen LogP contribution in [0.4, 0.5) is 0 Å². The molecular formula is C7H10N4O. The zero-order chi connectivity index (χ0) is 8.81. The lowest BCUT2D eigenvalue weighted by Gasteiger charge is -1.96. The summed E-state index contributed by atoms with van der Waals surface area (Å²) in [7, 11) is 0. The number of allylic oxidation sites excluding steroid dienone is 1. The number of carbonyl (C=O) groups excluding carboxylic acids is 1. The fraction of sp³-hybridized carbons (Fsp3) is 0.286. The van der Waals surface area contributed by atoms with Crippen LogP contribution >= 0.6 is 0 Å². The van der Waals surface area contributed by atoms with Crippen LogP contribution in [-0.2, 0) is 11.3 Å². The Morgan fingerprint density at radius 1 is 1.83 bits per heavy atom. The predicted molar refractivity (Wildman–Crippen MR) is 43.0 cm³/mol. The summed E-state index contributed by atoms with van der Waals surface area (Å²) in [5.41, 5.74) is 0. The highest BCUT2D eigenvalue weighted by molar-refractivity contribution is 5.87. The number of carbonyl (C=O) groups is 1. The van der Waals surface area contributed by atoms with Crippen LogP contribution in [0.5, 0.6) is 0 Å². The third-order valence-corrected chi connectivity index (χ3v) is 1.21. The quantitative estimate of drug-likeness (QED) is 0.621. The number of hydrogen-bond donors (Lipinski definition) is 2. The van der Waals surface area contributed by atoms with Gasteiger partial charge in [-0.1, -0.05) is 6.08 Å². The van der Waals surface area contributed by atoms with Crippen molar-refractivity contribution in [3.63, 3.8) is 0 Å². The topological polar surface area (TPSA) is 70.7 Å². The van der Waals surface area contributed by atoms with Crippen molar-refractivity contribution in [2.45, 2.75) is 13.5 Å². The molecule has 0 saturated carbocycles. The third-order valence-electron chi connectivity index (χ3n) is 1.21. The number of rotatable bonds is 3. The minimum atomic E-state index is -0.131. The first-order valence-corrected chi connectivity index (χ1v) is 3.57. The van der Waals surface area contributed by atoms with Gasteiger partial charge in [-0.3, -0.25) is 9.89 Å². The first-order chi connectivity index (χ1) is 5.83. The predicted octanol–water partition coefficient (Wildman–Crippen LogP) is -0.00300. The van der Waals surface area contributed by atoms with E-state index in [1.807, 2.05) is 0 Å². The first-order valence-electron chi connectivity index (χ1n) is 3.57. The molecule has 1 aromatic heterocycles. The Hall–Kier alpha value is -1.65. The summed E-state index contributed by atoms with van der Waals surface area (Å²) < 4.78 is 0. The summed E-state index contributed by atoms with van der Waals surface area (Å²) >= 11 is 0. The summed E-state index contributed by atoms with van der Waals surface area (Å²) in [5.74, 6) is 0.516. The molecule has 2 N–H and O–H groups in total. The second kappa shape index (κ2) is 4.27. The van der Waals surface area contributed by atoms with E-state index in [2.05, 4.69) is 20.5 Å². The minimum Gasteiger partial charge on any atom is -0.345 e. The van der Waals surface area contributed by atoms with E-state index in [-0.39, 0.29) is 5.91 Å². The number of aromatic nitrogens is 3. The molecule has 12 heavy (non-hydrogen) atoms. The van der Waals surface area contributed by atoms with Gasteiger partial charge >= 0.3 is 0 Å². The van der Waals surface area contributed by atoms with Crippen molar-refractivity contribution in [1.82, 2.24) is 20.5 Å². The van der Waals surface area contributed by atoms with Crippen LogP contribution in [0.1, 0.15) is 12.7 Å². The van der Waals surface area contributed by atoms with E-state index in [9.17, 15) is 4.79 Å². The van der Waals surface area contributed by atoms with Gasteiger partial charge in [0.05, 0.1) is 6.54 Å². The van der Waals surface area contributed by atoms with Crippen LogP contribution < -0.4 is 5.32 Å². The lowest BCUT2D eigenvalue weighted by molar-refractivity contribution is -0.116. The molecule has 5 nitrogen and oxygen atoms in total. The molecule has 0 atom stereocenters. The Morgan fingerprint density at radius 3 is 3.25 bits per heavy atom. The molecule has 64 valence electrons. The van der Waals surface area contributed by atoms with Crippen molar-refractivity contribution in [2.24, 2.45) is 0 Å². The maximum absolute atomic E-state index is 10.9. The fourth-order valence-corrected chi connectivity index (χ4v) is 0.697. The Bertz CT molecular complexity index is 265. The van der Waals surface area contributed by atoms with Crippen LogP contribution in [0, 0.1) is 0 Å². The third kappa shape index (κ3) is 2.53. The summed E-state index contributed by atoms with van der Waals surface area (Å²) in [5, 5.41) is 8.90. The zero-order valence-electron chi connectivity index (χ0n) is 6.74. The van der Waals surface area contributed by atoms with E-state index >= 15 is 0 Å². The Kier molecular flexibility index (Phi) is 3.01. The molecule has 0 aliphatic carbocycles.